The van der Waals surface area contributed by atoms with E-state index in [1.54, 1.807) is 49.6 Å². The molecule has 0 atom stereocenters. The molecule has 0 aliphatic rings. The molecule has 0 heterocycles. The second-order valence-corrected chi connectivity index (χ2v) is 6.10. The van der Waals surface area contributed by atoms with Gasteiger partial charge in [0.05, 0.1) is 10.7 Å². The van der Waals surface area contributed by atoms with Crippen LogP contribution < -0.4 is 10.6 Å². The Bertz CT molecular complexity index is 748. The summed E-state index contributed by atoms with van der Waals surface area (Å²) in [6.45, 7) is 1.12. The molecule has 5 nitrogen and oxygen atoms in total. The number of ether oxygens (including phenoxy) is 1. The summed E-state index contributed by atoms with van der Waals surface area (Å²) < 4.78 is 4.92. The summed E-state index contributed by atoms with van der Waals surface area (Å²) >= 11 is 11.9. The van der Waals surface area contributed by atoms with Crippen LogP contribution in [0.25, 0.3) is 0 Å². The average Bonchev–Trinajstić information content (AvgIpc) is 2.61. The first kappa shape index (κ1) is 19.2. The van der Waals surface area contributed by atoms with Crippen LogP contribution in [0.5, 0.6) is 0 Å². The van der Waals surface area contributed by atoms with Gasteiger partial charge < -0.3 is 15.4 Å². The Morgan fingerprint density at radius 3 is 2.28 bits per heavy atom. The molecule has 0 unspecified atom stereocenters. The molecule has 2 amide bonds. The summed E-state index contributed by atoms with van der Waals surface area (Å²) in [6, 6.07) is 11.2. The molecular formula is C18H18Cl2N2O3. The Kier molecular flexibility index (Phi) is 7.25. The minimum absolute atomic E-state index is 0.194. The SMILES string of the molecule is COCCCNC(=O)c1ccc(C(=O)Nc2cc(Cl)ccc2Cl)cc1. The lowest BCUT2D eigenvalue weighted by molar-refractivity contribution is 0.0947. The van der Waals surface area contributed by atoms with Gasteiger partial charge >= 0.3 is 0 Å². The molecular weight excluding hydrogens is 363 g/mol. The van der Waals surface area contributed by atoms with Crippen molar-refractivity contribution in [1.82, 2.24) is 5.32 Å². The van der Waals surface area contributed by atoms with E-state index in [1.165, 1.54) is 0 Å². The third kappa shape index (κ3) is 5.74. The van der Waals surface area contributed by atoms with Crippen molar-refractivity contribution >= 4 is 40.7 Å². The number of halogens is 2. The summed E-state index contributed by atoms with van der Waals surface area (Å²) in [7, 11) is 1.61. The minimum atomic E-state index is -0.337. The van der Waals surface area contributed by atoms with E-state index in [1.807, 2.05) is 0 Å². The van der Waals surface area contributed by atoms with Gasteiger partial charge in [-0.1, -0.05) is 23.2 Å². The summed E-state index contributed by atoms with van der Waals surface area (Å²) in [4.78, 5) is 24.3. The van der Waals surface area contributed by atoms with Crippen LogP contribution >= 0.6 is 23.2 Å². The van der Waals surface area contributed by atoms with E-state index >= 15 is 0 Å². The number of amides is 2. The fourth-order valence-corrected chi connectivity index (χ4v) is 2.42. The quantitative estimate of drug-likeness (QED) is 0.712. The van der Waals surface area contributed by atoms with Gasteiger partial charge in [0.2, 0.25) is 0 Å². The Labute approximate surface area is 156 Å². The van der Waals surface area contributed by atoms with E-state index in [0.29, 0.717) is 40.0 Å². The molecule has 7 heteroatoms. The van der Waals surface area contributed by atoms with Crippen molar-refractivity contribution in [3.05, 3.63) is 63.6 Å². The highest BCUT2D eigenvalue weighted by atomic mass is 35.5. The number of carbonyl (C=O) groups excluding carboxylic acids is 2. The summed E-state index contributed by atoms with van der Waals surface area (Å²) in [5.74, 6) is -0.530. The molecule has 132 valence electrons. The predicted molar refractivity (Wildman–Crippen MR) is 99.7 cm³/mol. The molecule has 0 radical (unpaired) electrons. The monoisotopic (exact) mass is 380 g/mol. The van der Waals surface area contributed by atoms with Gasteiger partial charge in [0.25, 0.3) is 11.8 Å². The number of methoxy groups -OCH3 is 1. The molecule has 0 fully saturated rings. The van der Waals surface area contributed by atoms with Gasteiger partial charge in [0, 0.05) is 36.4 Å². The van der Waals surface area contributed by atoms with Gasteiger partial charge in [-0.15, -0.1) is 0 Å². The number of anilines is 1. The van der Waals surface area contributed by atoms with Gasteiger partial charge in [0.1, 0.15) is 0 Å². The van der Waals surface area contributed by atoms with E-state index in [-0.39, 0.29) is 11.8 Å². The van der Waals surface area contributed by atoms with Gasteiger partial charge in [-0.3, -0.25) is 9.59 Å². The maximum atomic E-state index is 12.3. The molecule has 2 aromatic rings. The Morgan fingerprint density at radius 2 is 1.64 bits per heavy atom. The van der Waals surface area contributed by atoms with Gasteiger partial charge in [-0.05, 0) is 48.9 Å². The maximum absolute atomic E-state index is 12.3. The number of benzene rings is 2. The second-order valence-electron chi connectivity index (χ2n) is 5.26. The van der Waals surface area contributed by atoms with Crippen LogP contribution in [0.3, 0.4) is 0 Å². The Hall–Kier alpha value is -2.08. The van der Waals surface area contributed by atoms with Crippen molar-refractivity contribution in [2.45, 2.75) is 6.42 Å². The molecule has 0 saturated carbocycles. The van der Waals surface area contributed by atoms with Crippen LogP contribution in [-0.4, -0.2) is 32.1 Å². The van der Waals surface area contributed by atoms with Crippen molar-refractivity contribution in [3.8, 4) is 0 Å². The number of rotatable bonds is 7. The van der Waals surface area contributed by atoms with Crippen molar-refractivity contribution < 1.29 is 14.3 Å². The first-order valence-corrected chi connectivity index (χ1v) is 8.40. The molecule has 25 heavy (non-hydrogen) atoms. The molecule has 2 rings (SSSR count). The standard InChI is InChI=1S/C18H18Cl2N2O3/c1-25-10-2-9-21-17(23)12-3-5-13(6-4-12)18(24)22-16-11-14(19)7-8-15(16)20/h3-8,11H,2,9-10H2,1H3,(H,21,23)(H,22,24). The van der Waals surface area contributed by atoms with Crippen molar-refractivity contribution in [2.75, 3.05) is 25.6 Å². The molecule has 0 bridgehead atoms. The molecule has 0 aliphatic heterocycles. The molecule has 2 aromatic carbocycles. The van der Waals surface area contributed by atoms with Crippen LogP contribution in [-0.2, 0) is 4.74 Å². The zero-order chi connectivity index (χ0) is 18.2. The topological polar surface area (TPSA) is 67.4 Å². The number of hydrogen-bond donors (Lipinski definition) is 2. The van der Waals surface area contributed by atoms with Crippen LogP contribution in [0.4, 0.5) is 5.69 Å². The highest BCUT2D eigenvalue weighted by Crippen LogP contribution is 2.25. The van der Waals surface area contributed by atoms with E-state index in [2.05, 4.69) is 10.6 Å². The van der Waals surface area contributed by atoms with Crippen LogP contribution in [0.15, 0.2) is 42.5 Å². The fourth-order valence-electron chi connectivity index (χ4n) is 2.08. The summed E-state index contributed by atoms with van der Waals surface area (Å²) in [6.07, 6.45) is 0.739. The van der Waals surface area contributed by atoms with Crippen molar-refractivity contribution in [1.29, 1.82) is 0 Å². The van der Waals surface area contributed by atoms with Gasteiger partial charge in [-0.25, -0.2) is 0 Å². The third-order valence-electron chi connectivity index (χ3n) is 3.40. The summed E-state index contributed by atoms with van der Waals surface area (Å²) in [5.41, 5.74) is 1.32. The van der Waals surface area contributed by atoms with Crippen LogP contribution in [0.1, 0.15) is 27.1 Å². The van der Waals surface area contributed by atoms with E-state index < -0.39 is 0 Å². The highest BCUT2D eigenvalue weighted by molar-refractivity contribution is 6.35. The summed E-state index contributed by atoms with van der Waals surface area (Å²) in [5, 5.41) is 6.34. The normalized spacial score (nSPS) is 10.4. The molecule has 0 saturated heterocycles. The minimum Gasteiger partial charge on any atom is -0.385 e. The largest absolute Gasteiger partial charge is 0.385 e. The zero-order valence-electron chi connectivity index (χ0n) is 13.6. The van der Waals surface area contributed by atoms with Crippen molar-refractivity contribution in [3.63, 3.8) is 0 Å². The lowest BCUT2D eigenvalue weighted by atomic mass is 10.1. The molecule has 2 N–H and O–H groups in total. The highest BCUT2D eigenvalue weighted by Gasteiger charge is 2.11. The smallest absolute Gasteiger partial charge is 0.255 e. The fraction of sp³-hybridized carbons (Fsp3) is 0.222. The van der Waals surface area contributed by atoms with Gasteiger partial charge in [-0.2, -0.15) is 0 Å². The van der Waals surface area contributed by atoms with Gasteiger partial charge in [0.15, 0.2) is 0 Å². The predicted octanol–water partition coefficient (Wildman–Crippen LogP) is 4.01. The Morgan fingerprint density at radius 1 is 1.00 bits per heavy atom. The first-order chi connectivity index (χ1) is 12.0. The first-order valence-electron chi connectivity index (χ1n) is 7.65. The number of hydrogen-bond acceptors (Lipinski definition) is 3. The van der Waals surface area contributed by atoms with E-state index in [4.69, 9.17) is 27.9 Å². The lowest BCUT2D eigenvalue weighted by Crippen LogP contribution is -2.25. The Balaban J connectivity index is 1.98. The zero-order valence-corrected chi connectivity index (χ0v) is 15.2. The molecule has 0 spiro atoms. The molecule has 0 aliphatic carbocycles. The number of carbonyl (C=O) groups is 2. The van der Waals surface area contributed by atoms with Crippen LogP contribution in [0, 0.1) is 0 Å². The third-order valence-corrected chi connectivity index (χ3v) is 3.96. The lowest BCUT2D eigenvalue weighted by Gasteiger charge is -2.09. The van der Waals surface area contributed by atoms with E-state index in [0.717, 1.165) is 6.42 Å². The molecule has 0 aromatic heterocycles. The van der Waals surface area contributed by atoms with Crippen LogP contribution in [0.2, 0.25) is 10.0 Å². The van der Waals surface area contributed by atoms with Crippen molar-refractivity contribution in [2.24, 2.45) is 0 Å². The second kappa shape index (κ2) is 9.42. The van der Waals surface area contributed by atoms with E-state index in [9.17, 15) is 9.59 Å². The average molecular weight is 381 g/mol. The maximum Gasteiger partial charge on any atom is 0.255 e. The number of nitrogens with one attached hydrogen (secondary N) is 2.